The molecule has 2 aliphatic rings. The SMILES string of the molecule is CC1CN(c2ccc(C(=O)Nc3n[nH]c4ccc(C(=O)NC5(c6ccccc6)CC5)cc34)cc2)CCN1. The second-order valence-corrected chi connectivity index (χ2v) is 10.0. The zero-order valence-corrected chi connectivity index (χ0v) is 20.8. The van der Waals surface area contributed by atoms with Gasteiger partial charge in [-0.2, -0.15) is 5.10 Å². The first-order chi connectivity index (χ1) is 18.0. The maximum absolute atomic E-state index is 13.1. The van der Waals surface area contributed by atoms with Crippen molar-refractivity contribution in [1.29, 1.82) is 0 Å². The number of carbonyl (C=O) groups is 2. The summed E-state index contributed by atoms with van der Waals surface area (Å²) in [5.74, 6) is 0.0166. The Morgan fingerprint density at radius 2 is 1.73 bits per heavy atom. The molecule has 0 spiro atoms. The third-order valence-corrected chi connectivity index (χ3v) is 7.35. The molecule has 2 heterocycles. The van der Waals surface area contributed by atoms with Crippen LogP contribution in [0.1, 0.15) is 46.0 Å². The number of aromatic nitrogens is 2. The molecule has 2 fully saturated rings. The predicted octanol–water partition coefficient (Wildman–Crippen LogP) is 4.03. The molecule has 2 amide bonds. The fourth-order valence-corrected chi connectivity index (χ4v) is 5.08. The molecular formula is C29H30N6O2. The number of hydrogen-bond acceptors (Lipinski definition) is 5. The van der Waals surface area contributed by atoms with E-state index in [1.54, 1.807) is 12.1 Å². The maximum atomic E-state index is 13.1. The van der Waals surface area contributed by atoms with Gasteiger partial charge in [0, 0.05) is 47.9 Å². The summed E-state index contributed by atoms with van der Waals surface area (Å²) in [5.41, 5.74) is 3.76. The van der Waals surface area contributed by atoms with Crippen molar-refractivity contribution in [2.75, 3.05) is 29.9 Å². The van der Waals surface area contributed by atoms with Crippen molar-refractivity contribution in [3.63, 3.8) is 0 Å². The fourth-order valence-electron chi connectivity index (χ4n) is 5.08. The number of nitrogens with zero attached hydrogens (tertiary/aromatic N) is 2. The standard InChI is InChI=1S/C29H30N6O2/c1-19-18-35(16-15-30-19)23-10-7-20(8-11-23)27(36)31-26-24-17-21(9-12-25(24)33-34-26)28(37)32-29(13-14-29)22-5-3-2-4-6-22/h2-12,17,19,30H,13-16,18H2,1H3,(H,32,37)(H2,31,33,34,36). The first-order valence-corrected chi connectivity index (χ1v) is 12.8. The third kappa shape index (κ3) is 4.68. The number of nitrogens with one attached hydrogen (secondary N) is 4. The highest BCUT2D eigenvalue weighted by Crippen LogP contribution is 2.45. The fraction of sp³-hybridized carbons (Fsp3) is 0.276. The largest absolute Gasteiger partial charge is 0.369 e. The van der Waals surface area contributed by atoms with E-state index in [1.807, 2.05) is 48.5 Å². The number of piperazine rings is 1. The van der Waals surface area contributed by atoms with Crippen LogP contribution in [-0.2, 0) is 5.54 Å². The zero-order chi connectivity index (χ0) is 25.4. The molecule has 8 nitrogen and oxygen atoms in total. The van der Waals surface area contributed by atoms with Crippen LogP contribution in [0.15, 0.2) is 72.8 Å². The summed E-state index contributed by atoms with van der Waals surface area (Å²) in [6.07, 6.45) is 1.84. The lowest BCUT2D eigenvalue weighted by Crippen LogP contribution is -2.49. The molecule has 37 heavy (non-hydrogen) atoms. The Bertz CT molecular complexity index is 1440. The van der Waals surface area contributed by atoms with Crippen molar-refractivity contribution in [2.45, 2.75) is 31.3 Å². The molecule has 4 N–H and O–H groups in total. The zero-order valence-electron chi connectivity index (χ0n) is 20.8. The van der Waals surface area contributed by atoms with Crippen LogP contribution in [0.2, 0.25) is 0 Å². The lowest BCUT2D eigenvalue weighted by molar-refractivity contribution is 0.0930. The van der Waals surface area contributed by atoms with E-state index < -0.39 is 0 Å². The van der Waals surface area contributed by atoms with Gasteiger partial charge in [0.25, 0.3) is 11.8 Å². The molecule has 1 aromatic heterocycles. The minimum Gasteiger partial charge on any atom is -0.369 e. The number of anilines is 2. The summed E-state index contributed by atoms with van der Waals surface area (Å²) in [6.45, 7) is 5.00. The molecule has 4 aromatic rings. The molecule has 8 heteroatoms. The molecular weight excluding hydrogens is 464 g/mol. The lowest BCUT2D eigenvalue weighted by atomic mass is 10.0. The van der Waals surface area contributed by atoms with Gasteiger partial charge in [0.15, 0.2) is 5.82 Å². The third-order valence-electron chi connectivity index (χ3n) is 7.35. The first-order valence-electron chi connectivity index (χ1n) is 12.8. The van der Waals surface area contributed by atoms with Crippen LogP contribution >= 0.6 is 0 Å². The Hall–Kier alpha value is -4.17. The van der Waals surface area contributed by atoms with Gasteiger partial charge in [-0.1, -0.05) is 30.3 Å². The number of amides is 2. The summed E-state index contributed by atoms with van der Waals surface area (Å²) in [4.78, 5) is 28.5. The van der Waals surface area contributed by atoms with Crippen molar-refractivity contribution in [2.24, 2.45) is 0 Å². The Morgan fingerprint density at radius 3 is 2.46 bits per heavy atom. The van der Waals surface area contributed by atoms with E-state index in [4.69, 9.17) is 0 Å². The highest BCUT2D eigenvalue weighted by molar-refractivity contribution is 6.09. The van der Waals surface area contributed by atoms with E-state index in [0.29, 0.717) is 28.4 Å². The van der Waals surface area contributed by atoms with Gasteiger partial charge in [-0.25, -0.2) is 0 Å². The van der Waals surface area contributed by atoms with Gasteiger partial charge in [0.1, 0.15) is 0 Å². The highest BCUT2D eigenvalue weighted by atomic mass is 16.2. The molecule has 3 aromatic carbocycles. The second kappa shape index (κ2) is 9.37. The van der Waals surface area contributed by atoms with Gasteiger partial charge in [-0.05, 0) is 67.8 Å². The smallest absolute Gasteiger partial charge is 0.256 e. The van der Waals surface area contributed by atoms with Gasteiger partial charge >= 0.3 is 0 Å². The number of aromatic amines is 1. The Morgan fingerprint density at radius 1 is 0.973 bits per heavy atom. The van der Waals surface area contributed by atoms with Crippen LogP contribution in [-0.4, -0.2) is 47.7 Å². The van der Waals surface area contributed by atoms with E-state index in [2.05, 4.69) is 50.1 Å². The van der Waals surface area contributed by atoms with Gasteiger partial charge in [-0.3, -0.25) is 14.7 Å². The van der Waals surface area contributed by atoms with Crippen LogP contribution in [0.4, 0.5) is 11.5 Å². The van der Waals surface area contributed by atoms with E-state index in [9.17, 15) is 9.59 Å². The van der Waals surface area contributed by atoms with Crippen molar-refractivity contribution in [3.05, 3.63) is 89.5 Å². The predicted molar refractivity (Wildman–Crippen MR) is 145 cm³/mol. The van der Waals surface area contributed by atoms with Gasteiger partial charge < -0.3 is 20.9 Å². The first kappa shape index (κ1) is 23.2. The molecule has 0 bridgehead atoms. The molecule has 0 radical (unpaired) electrons. The van der Waals surface area contributed by atoms with Crippen LogP contribution in [0.25, 0.3) is 10.9 Å². The summed E-state index contributed by atoms with van der Waals surface area (Å²) in [7, 11) is 0. The Labute approximate surface area is 215 Å². The van der Waals surface area contributed by atoms with Crippen molar-refractivity contribution in [3.8, 4) is 0 Å². The lowest BCUT2D eigenvalue weighted by Gasteiger charge is -2.33. The van der Waals surface area contributed by atoms with Crippen LogP contribution in [0.3, 0.4) is 0 Å². The van der Waals surface area contributed by atoms with Crippen LogP contribution < -0.4 is 20.9 Å². The minimum absolute atomic E-state index is 0.139. The van der Waals surface area contributed by atoms with E-state index in [1.165, 1.54) is 0 Å². The molecule has 188 valence electrons. The van der Waals surface area contributed by atoms with Gasteiger partial charge in [0.2, 0.25) is 0 Å². The van der Waals surface area contributed by atoms with Crippen LogP contribution in [0.5, 0.6) is 0 Å². The average Bonchev–Trinajstić information content (AvgIpc) is 3.61. The number of carbonyl (C=O) groups excluding carboxylic acids is 2. The summed E-state index contributed by atoms with van der Waals surface area (Å²) in [6, 6.07) is 23.5. The highest BCUT2D eigenvalue weighted by Gasteiger charge is 2.45. The van der Waals surface area contributed by atoms with E-state index in [-0.39, 0.29) is 17.4 Å². The van der Waals surface area contributed by atoms with Crippen molar-refractivity contribution in [1.82, 2.24) is 20.8 Å². The molecule has 1 saturated carbocycles. The molecule has 1 atom stereocenters. The Kier molecular flexibility index (Phi) is 5.88. The number of rotatable bonds is 6. The number of fused-ring (bicyclic) bond motifs is 1. The monoisotopic (exact) mass is 494 g/mol. The maximum Gasteiger partial charge on any atom is 0.256 e. The second-order valence-electron chi connectivity index (χ2n) is 10.0. The van der Waals surface area contributed by atoms with Gasteiger partial charge in [0.05, 0.1) is 11.1 Å². The Balaban J connectivity index is 1.17. The number of benzene rings is 3. The summed E-state index contributed by atoms with van der Waals surface area (Å²) >= 11 is 0. The molecule has 1 aliphatic heterocycles. The molecule has 1 aliphatic carbocycles. The number of hydrogen-bond donors (Lipinski definition) is 4. The van der Waals surface area contributed by atoms with Crippen molar-refractivity contribution >= 4 is 34.2 Å². The van der Waals surface area contributed by atoms with Crippen molar-refractivity contribution < 1.29 is 9.59 Å². The average molecular weight is 495 g/mol. The molecule has 1 unspecified atom stereocenters. The number of H-pyrrole nitrogens is 1. The molecule has 1 saturated heterocycles. The van der Waals surface area contributed by atoms with E-state index >= 15 is 0 Å². The van der Waals surface area contributed by atoms with Gasteiger partial charge in [-0.15, -0.1) is 0 Å². The summed E-state index contributed by atoms with van der Waals surface area (Å²) < 4.78 is 0. The molecule has 6 rings (SSSR count). The quantitative estimate of drug-likeness (QED) is 0.324. The van der Waals surface area contributed by atoms with E-state index in [0.717, 1.165) is 49.2 Å². The minimum atomic E-state index is -0.296. The normalized spacial score (nSPS) is 18.4. The topological polar surface area (TPSA) is 102 Å². The summed E-state index contributed by atoms with van der Waals surface area (Å²) in [5, 5.41) is 17.5. The van der Waals surface area contributed by atoms with Crippen LogP contribution in [0, 0.1) is 0 Å².